The number of nitrogens with zero attached hydrogens (tertiary/aromatic N) is 1. The van der Waals surface area contributed by atoms with Crippen LogP contribution in [0, 0.1) is 0 Å². The first-order valence-corrected chi connectivity index (χ1v) is 8.21. The molecule has 0 bridgehead atoms. The lowest BCUT2D eigenvalue weighted by molar-refractivity contribution is 0.0526. The van der Waals surface area contributed by atoms with Crippen LogP contribution in [-0.4, -0.2) is 31.8 Å². The first kappa shape index (κ1) is 17.5. The van der Waals surface area contributed by atoms with E-state index in [2.05, 4.69) is 10.3 Å². The molecule has 0 amide bonds. The van der Waals surface area contributed by atoms with Crippen LogP contribution in [-0.2, 0) is 4.74 Å². The normalized spacial score (nSPS) is 10.4. The van der Waals surface area contributed by atoms with E-state index in [0.717, 1.165) is 22.3 Å². The molecule has 1 N–H and O–H groups in total. The highest BCUT2D eigenvalue weighted by atomic mass is 16.5. The van der Waals surface area contributed by atoms with Gasteiger partial charge in [0.25, 0.3) is 0 Å². The Bertz CT molecular complexity index is 940. The summed E-state index contributed by atoms with van der Waals surface area (Å²) in [7, 11) is 3.18. The summed E-state index contributed by atoms with van der Waals surface area (Å²) >= 11 is 0. The van der Waals surface area contributed by atoms with E-state index in [-0.39, 0.29) is 5.97 Å². The Kier molecular flexibility index (Phi) is 5.22. The number of hydrogen-bond acceptors (Lipinski definition) is 6. The topological polar surface area (TPSA) is 69.7 Å². The monoisotopic (exact) mass is 352 g/mol. The van der Waals surface area contributed by atoms with Gasteiger partial charge in [0, 0.05) is 29.0 Å². The number of nitrogens with one attached hydrogen (secondary N) is 1. The number of carbonyl (C=O) groups is 1. The molecule has 1 aromatic heterocycles. The minimum absolute atomic E-state index is 0.340. The maximum atomic E-state index is 11.9. The molecular formula is C20H20N2O4. The summed E-state index contributed by atoms with van der Waals surface area (Å²) in [5.74, 6) is 0.896. The van der Waals surface area contributed by atoms with E-state index in [1.54, 1.807) is 39.5 Å². The van der Waals surface area contributed by atoms with Gasteiger partial charge in [-0.2, -0.15) is 0 Å². The quantitative estimate of drug-likeness (QED) is 0.672. The Morgan fingerprint density at radius 1 is 1.08 bits per heavy atom. The molecule has 6 nitrogen and oxygen atoms in total. The molecule has 3 rings (SSSR count). The average Bonchev–Trinajstić information content (AvgIpc) is 2.67. The number of anilines is 2. The van der Waals surface area contributed by atoms with Crippen molar-refractivity contribution >= 4 is 28.2 Å². The summed E-state index contributed by atoms with van der Waals surface area (Å²) < 4.78 is 15.8. The van der Waals surface area contributed by atoms with Crippen molar-refractivity contribution < 1.29 is 19.0 Å². The molecule has 0 aliphatic heterocycles. The van der Waals surface area contributed by atoms with Crippen molar-refractivity contribution in [2.24, 2.45) is 0 Å². The van der Waals surface area contributed by atoms with Crippen LogP contribution in [0.1, 0.15) is 17.3 Å². The molecule has 0 aliphatic carbocycles. The third-order valence-electron chi connectivity index (χ3n) is 3.90. The third kappa shape index (κ3) is 3.54. The van der Waals surface area contributed by atoms with Gasteiger partial charge in [-0.1, -0.05) is 6.07 Å². The van der Waals surface area contributed by atoms with Crippen molar-refractivity contribution in [2.75, 3.05) is 26.1 Å². The Labute approximate surface area is 151 Å². The van der Waals surface area contributed by atoms with Crippen LogP contribution in [0.3, 0.4) is 0 Å². The number of carbonyl (C=O) groups excluding carboxylic acids is 1. The van der Waals surface area contributed by atoms with Crippen molar-refractivity contribution in [1.29, 1.82) is 0 Å². The molecule has 0 aliphatic rings. The summed E-state index contributed by atoms with van der Waals surface area (Å²) in [4.78, 5) is 16.3. The first-order valence-electron chi connectivity index (χ1n) is 8.21. The number of hydrogen-bond donors (Lipinski definition) is 1. The van der Waals surface area contributed by atoms with E-state index in [9.17, 15) is 4.79 Å². The number of ether oxygens (including phenoxy) is 3. The number of esters is 1. The van der Waals surface area contributed by atoms with Crippen molar-refractivity contribution in [1.82, 2.24) is 4.98 Å². The second-order valence-corrected chi connectivity index (χ2v) is 5.51. The van der Waals surface area contributed by atoms with Crippen LogP contribution in [0.15, 0.2) is 48.7 Å². The lowest BCUT2D eigenvalue weighted by Gasteiger charge is -2.13. The zero-order valence-corrected chi connectivity index (χ0v) is 14.9. The molecule has 0 unspecified atom stereocenters. The molecule has 0 radical (unpaired) electrons. The summed E-state index contributed by atoms with van der Waals surface area (Å²) in [6.07, 6.45) is 1.71. The Balaban J connectivity index is 1.99. The Hall–Kier alpha value is -3.28. The summed E-state index contributed by atoms with van der Waals surface area (Å²) in [6.45, 7) is 2.12. The number of pyridine rings is 1. The summed E-state index contributed by atoms with van der Waals surface area (Å²) in [6, 6.07) is 12.7. The van der Waals surface area contributed by atoms with Gasteiger partial charge in [-0.3, -0.25) is 4.98 Å². The van der Waals surface area contributed by atoms with E-state index in [1.165, 1.54) is 0 Å². The van der Waals surface area contributed by atoms with E-state index in [1.807, 2.05) is 30.3 Å². The molecule has 26 heavy (non-hydrogen) atoms. The van der Waals surface area contributed by atoms with E-state index >= 15 is 0 Å². The molecular weight excluding hydrogens is 332 g/mol. The minimum atomic E-state index is -0.345. The second kappa shape index (κ2) is 7.74. The summed E-state index contributed by atoms with van der Waals surface area (Å²) in [5.41, 5.74) is 2.89. The van der Waals surface area contributed by atoms with Crippen molar-refractivity contribution in [3.63, 3.8) is 0 Å². The van der Waals surface area contributed by atoms with Crippen molar-refractivity contribution in [2.45, 2.75) is 6.92 Å². The van der Waals surface area contributed by atoms with E-state index in [4.69, 9.17) is 14.2 Å². The van der Waals surface area contributed by atoms with Gasteiger partial charge in [0.15, 0.2) is 11.5 Å². The van der Waals surface area contributed by atoms with Crippen LogP contribution in [0.25, 0.3) is 10.9 Å². The maximum absolute atomic E-state index is 11.9. The molecule has 0 spiro atoms. The molecule has 2 aromatic carbocycles. The second-order valence-electron chi connectivity index (χ2n) is 5.51. The predicted molar refractivity (Wildman–Crippen MR) is 101 cm³/mol. The van der Waals surface area contributed by atoms with Crippen LogP contribution in [0.2, 0.25) is 0 Å². The highest BCUT2D eigenvalue weighted by Gasteiger charge is 2.11. The highest BCUT2D eigenvalue weighted by molar-refractivity contribution is 5.96. The lowest BCUT2D eigenvalue weighted by Crippen LogP contribution is -2.05. The molecule has 0 saturated carbocycles. The predicted octanol–water partition coefficient (Wildman–Crippen LogP) is 4.17. The highest BCUT2D eigenvalue weighted by Crippen LogP contribution is 2.35. The number of aromatic nitrogens is 1. The minimum Gasteiger partial charge on any atom is -0.493 e. The van der Waals surface area contributed by atoms with E-state index < -0.39 is 0 Å². The molecule has 0 atom stereocenters. The maximum Gasteiger partial charge on any atom is 0.338 e. The Morgan fingerprint density at radius 2 is 1.85 bits per heavy atom. The van der Waals surface area contributed by atoms with Gasteiger partial charge in [0.1, 0.15) is 0 Å². The van der Waals surface area contributed by atoms with Gasteiger partial charge < -0.3 is 19.5 Å². The molecule has 134 valence electrons. The average molecular weight is 352 g/mol. The van der Waals surface area contributed by atoms with Gasteiger partial charge in [-0.15, -0.1) is 0 Å². The van der Waals surface area contributed by atoms with Gasteiger partial charge in [-0.05, 0) is 37.3 Å². The summed E-state index contributed by atoms with van der Waals surface area (Å²) in [5, 5.41) is 4.21. The first-order chi connectivity index (χ1) is 12.7. The molecule has 3 aromatic rings. The van der Waals surface area contributed by atoms with Crippen molar-refractivity contribution in [3.05, 3.63) is 54.2 Å². The Morgan fingerprint density at radius 3 is 2.58 bits per heavy atom. The lowest BCUT2D eigenvalue weighted by atomic mass is 10.1. The molecule has 0 fully saturated rings. The fourth-order valence-electron chi connectivity index (χ4n) is 2.68. The molecule has 6 heteroatoms. The van der Waals surface area contributed by atoms with Gasteiger partial charge in [0.2, 0.25) is 0 Å². The number of rotatable bonds is 6. The third-order valence-corrected chi connectivity index (χ3v) is 3.90. The number of fused-ring (bicyclic) bond motifs is 1. The van der Waals surface area contributed by atoms with Gasteiger partial charge in [-0.25, -0.2) is 4.79 Å². The van der Waals surface area contributed by atoms with Crippen LogP contribution >= 0.6 is 0 Å². The number of methoxy groups -OCH3 is 2. The van der Waals surface area contributed by atoms with E-state index in [0.29, 0.717) is 23.7 Å². The SMILES string of the molecule is CCOC(=O)c1cccc(Nc2ccnc3cc(OC)c(OC)cc23)c1. The zero-order chi connectivity index (χ0) is 18.5. The standard InChI is InChI=1S/C20H20N2O4/c1-4-26-20(23)13-6-5-7-14(10-13)22-16-8-9-21-17-12-19(25-3)18(24-2)11-15(16)17/h5-12H,4H2,1-3H3,(H,21,22). The smallest absolute Gasteiger partial charge is 0.338 e. The fourth-order valence-corrected chi connectivity index (χ4v) is 2.68. The van der Waals surface area contributed by atoms with Crippen LogP contribution < -0.4 is 14.8 Å². The molecule has 0 saturated heterocycles. The zero-order valence-electron chi connectivity index (χ0n) is 14.9. The van der Waals surface area contributed by atoms with Gasteiger partial charge in [0.05, 0.1) is 31.9 Å². The fraction of sp³-hybridized carbons (Fsp3) is 0.200. The van der Waals surface area contributed by atoms with Crippen LogP contribution in [0.5, 0.6) is 11.5 Å². The van der Waals surface area contributed by atoms with Crippen LogP contribution in [0.4, 0.5) is 11.4 Å². The van der Waals surface area contributed by atoms with Gasteiger partial charge >= 0.3 is 5.97 Å². The molecule has 1 heterocycles. The largest absolute Gasteiger partial charge is 0.493 e. The van der Waals surface area contributed by atoms with Crippen molar-refractivity contribution in [3.8, 4) is 11.5 Å². The number of benzene rings is 2.